The summed E-state index contributed by atoms with van der Waals surface area (Å²) in [6, 6.07) is 16.7. The number of benzene rings is 2. The quantitative estimate of drug-likeness (QED) is 0.484. The summed E-state index contributed by atoms with van der Waals surface area (Å²) < 4.78 is 0. The molecule has 2 aromatic rings. The first-order valence-corrected chi connectivity index (χ1v) is 6.08. The van der Waals surface area contributed by atoms with E-state index in [2.05, 4.69) is 0 Å². The number of amides is 1. The highest BCUT2D eigenvalue weighted by molar-refractivity contribution is 6.68. The molecule has 0 fully saturated rings. The maximum atomic E-state index is 12.0. The first-order chi connectivity index (χ1) is 9.61. The Labute approximate surface area is 116 Å². The highest BCUT2D eigenvalue weighted by Crippen LogP contribution is 2.12. The van der Waals surface area contributed by atoms with Gasteiger partial charge in [0.1, 0.15) is 0 Å². The lowest BCUT2D eigenvalue weighted by molar-refractivity contribution is -0.133. The number of hydrogen-bond donors (Lipinski definition) is 0. The van der Waals surface area contributed by atoms with Crippen LogP contribution in [0.25, 0.3) is 0 Å². The molecule has 0 atom stereocenters. The van der Waals surface area contributed by atoms with Crippen molar-refractivity contribution in [1.82, 2.24) is 0 Å². The topological polar surface area (TPSA) is 54.5 Å². The molecule has 0 heterocycles. The van der Waals surface area contributed by atoms with Gasteiger partial charge < -0.3 is 4.90 Å². The number of carbonyl (C=O) groups is 3. The molecule has 20 heavy (non-hydrogen) atoms. The van der Waals surface area contributed by atoms with Gasteiger partial charge in [-0.2, -0.15) is 0 Å². The monoisotopic (exact) mass is 267 g/mol. The number of rotatable bonds is 4. The molecule has 0 saturated heterocycles. The van der Waals surface area contributed by atoms with Gasteiger partial charge in [0.05, 0.1) is 0 Å². The summed E-state index contributed by atoms with van der Waals surface area (Å²) in [5.41, 5.74) is 0.777. The Bertz CT molecular complexity index is 635. The molecule has 0 saturated carbocycles. The molecule has 4 heteroatoms. The Balaban J connectivity index is 2.17. The van der Waals surface area contributed by atoms with Crippen LogP contribution < -0.4 is 4.90 Å². The van der Waals surface area contributed by atoms with Crippen LogP contribution in [0.1, 0.15) is 10.4 Å². The zero-order valence-electron chi connectivity index (χ0n) is 10.9. The van der Waals surface area contributed by atoms with Crippen LogP contribution in [0.2, 0.25) is 0 Å². The van der Waals surface area contributed by atoms with Crippen molar-refractivity contribution >= 4 is 23.2 Å². The molecule has 2 rings (SSSR count). The summed E-state index contributed by atoms with van der Waals surface area (Å²) in [6.07, 6.45) is 0. The smallest absolute Gasteiger partial charge is 0.302 e. The van der Waals surface area contributed by atoms with Crippen molar-refractivity contribution in [3.8, 4) is 0 Å². The lowest BCUT2D eigenvalue weighted by atomic mass is 10.1. The SMILES string of the molecule is CN(C(=O)C(=O)C(=O)c1ccccc1)c1ccccc1. The summed E-state index contributed by atoms with van der Waals surface area (Å²) in [7, 11) is 1.47. The van der Waals surface area contributed by atoms with Crippen LogP contribution in [0.15, 0.2) is 60.7 Å². The van der Waals surface area contributed by atoms with Crippen LogP contribution >= 0.6 is 0 Å². The Hall–Kier alpha value is -2.75. The minimum absolute atomic E-state index is 0.215. The molecule has 0 aromatic heterocycles. The molecule has 0 spiro atoms. The van der Waals surface area contributed by atoms with Gasteiger partial charge >= 0.3 is 5.91 Å². The van der Waals surface area contributed by atoms with E-state index in [1.165, 1.54) is 24.1 Å². The van der Waals surface area contributed by atoms with Gasteiger partial charge in [0.15, 0.2) is 0 Å². The van der Waals surface area contributed by atoms with Crippen LogP contribution in [-0.4, -0.2) is 24.5 Å². The number of likely N-dealkylation sites (N-methyl/N-ethyl adjacent to an activating group) is 1. The molecule has 0 aliphatic carbocycles. The van der Waals surface area contributed by atoms with Crippen LogP contribution in [0.5, 0.6) is 0 Å². The molecule has 0 N–H and O–H groups in total. The van der Waals surface area contributed by atoms with Gasteiger partial charge in [0.25, 0.3) is 5.78 Å². The summed E-state index contributed by atoms with van der Waals surface area (Å²) in [5.74, 6) is -2.68. The third-order valence-corrected chi connectivity index (χ3v) is 2.88. The number of hydrogen-bond acceptors (Lipinski definition) is 3. The minimum Gasteiger partial charge on any atom is -0.308 e. The van der Waals surface area contributed by atoms with Gasteiger partial charge in [0, 0.05) is 18.3 Å². The highest BCUT2D eigenvalue weighted by Gasteiger charge is 2.27. The molecule has 100 valence electrons. The first kappa shape index (κ1) is 13.7. The van der Waals surface area contributed by atoms with E-state index in [-0.39, 0.29) is 5.56 Å². The first-order valence-electron chi connectivity index (χ1n) is 6.08. The zero-order valence-corrected chi connectivity index (χ0v) is 10.9. The minimum atomic E-state index is -1.04. The lowest BCUT2D eigenvalue weighted by Crippen LogP contribution is -2.37. The van der Waals surface area contributed by atoms with E-state index in [1.807, 2.05) is 0 Å². The van der Waals surface area contributed by atoms with Gasteiger partial charge in [-0.05, 0) is 12.1 Å². The Kier molecular flexibility index (Phi) is 4.05. The number of ketones is 2. The van der Waals surface area contributed by atoms with Crippen molar-refractivity contribution in [3.63, 3.8) is 0 Å². The summed E-state index contributed by atoms with van der Waals surface area (Å²) >= 11 is 0. The largest absolute Gasteiger partial charge is 0.308 e. The second kappa shape index (κ2) is 5.93. The van der Waals surface area contributed by atoms with Gasteiger partial charge in [-0.15, -0.1) is 0 Å². The average Bonchev–Trinajstić information content (AvgIpc) is 2.53. The third kappa shape index (κ3) is 2.80. The third-order valence-electron chi connectivity index (χ3n) is 2.88. The normalized spacial score (nSPS) is 9.85. The fraction of sp³-hybridized carbons (Fsp3) is 0.0625. The zero-order chi connectivity index (χ0) is 14.5. The summed E-state index contributed by atoms with van der Waals surface area (Å²) in [4.78, 5) is 37.0. The Morgan fingerprint density at radius 2 is 1.30 bits per heavy atom. The van der Waals surface area contributed by atoms with E-state index in [4.69, 9.17) is 0 Å². The molecule has 0 unspecified atom stereocenters. The summed E-state index contributed by atoms with van der Waals surface area (Å²) in [6.45, 7) is 0. The number of para-hydroxylation sites is 1. The van der Waals surface area contributed by atoms with Crippen molar-refractivity contribution in [2.45, 2.75) is 0 Å². The maximum Gasteiger partial charge on any atom is 0.302 e. The fourth-order valence-corrected chi connectivity index (χ4v) is 1.74. The molecular formula is C16H13NO3. The average molecular weight is 267 g/mol. The van der Waals surface area contributed by atoms with E-state index < -0.39 is 17.5 Å². The molecule has 0 aliphatic rings. The van der Waals surface area contributed by atoms with Crippen molar-refractivity contribution < 1.29 is 14.4 Å². The predicted octanol–water partition coefficient (Wildman–Crippen LogP) is 2.10. The standard InChI is InChI=1S/C16H13NO3/c1-17(13-10-6-3-7-11-13)16(20)15(19)14(18)12-8-4-2-5-9-12/h2-11H,1H3. The van der Waals surface area contributed by atoms with E-state index in [1.54, 1.807) is 48.5 Å². The second-order valence-electron chi connectivity index (χ2n) is 4.22. The molecule has 0 bridgehead atoms. The van der Waals surface area contributed by atoms with Crippen LogP contribution in [0.4, 0.5) is 5.69 Å². The highest BCUT2D eigenvalue weighted by atomic mass is 16.2. The van der Waals surface area contributed by atoms with E-state index in [0.717, 1.165) is 0 Å². The molecule has 2 aromatic carbocycles. The van der Waals surface area contributed by atoms with Crippen molar-refractivity contribution in [2.75, 3.05) is 11.9 Å². The number of carbonyl (C=O) groups excluding carboxylic acids is 3. The predicted molar refractivity (Wildman–Crippen MR) is 75.6 cm³/mol. The second-order valence-corrected chi connectivity index (χ2v) is 4.22. The molecule has 0 aliphatic heterocycles. The van der Waals surface area contributed by atoms with Crippen LogP contribution in [0, 0.1) is 0 Å². The Morgan fingerprint density at radius 3 is 1.85 bits per heavy atom. The van der Waals surface area contributed by atoms with Gasteiger partial charge in [-0.25, -0.2) is 0 Å². The summed E-state index contributed by atoms with van der Waals surface area (Å²) in [5, 5.41) is 0. The molecule has 4 nitrogen and oxygen atoms in total. The van der Waals surface area contributed by atoms with Crippen molar-refractivity contribution in [1.29, 1.82) is 0 Å². The molecule has 1 amide bonds. The number of anilines is 1. The van der Waals surface area contributed by atoms with E-state index in [0.29, 0.717) is 5.69 Å². The van der Waals surface area contributed by atoms with Crippen LogP contribution in [-0.2, 0) is 9.59 Å². The van der Waals surface area contributed by atoms with Gasteiger partial charge in [-0.1, -0.05) is 48.5 Å². The van der Waals surface area contributed by atoms with Crippen LogP contribution in [0.3, 0.4) is 0 Å². The number of Topliss-reactive ketones (excluding diaryl/α,β-unsaturated/α-hetero) is 2. The van der Waals surface area contributed by atoms with Gasteiger partial charge in [-0.3, -0.25) is 14.4 Å². The van der Waals surface area contributed by atoms with Gasteiger partial charge in [0.2, 0.25) is 5.78 Å². The maximum absolute atomic E-state index is 12.0. The molecule has 0 radical (unpaired) electrons. The lowest BCUT2D eigenvalue weighted by Gasteiger charge is -2.15. The Morgan fingerprint density at radius 1 is 0.800 bits per heavy atom. The fourth-order valence-electron chi connectivity index (χ4n) is 1.74. The van der Waals surface area contributed by atoms with Crippen molar-refractivity contribution in [3.05, 3.63) is 66.2 Å². The van der Waals surface area contributed by atoms with Crippen molar-refractivity contribution in [2.24, 2.45) is 0 Å². The number of nitrogens with zero attached hydrogens (tertiary/aromatic N) is 1. The molecular weight excluding hydrogens is 254 g/mol. The van der Waals surface area contributed by atoms with E-state index in [9.17, 15) is 14.4 Å². The van der Waals surface area contributed by atoms with E-state index >= 15 is 0 Å².